The van der Waals surface area contributed by atoms with Crippen molar-refractivity contribution in [1.29, 1.82) is 0 Å². The fourth-order valence-corrected chi connectivity index (χ4v) is 6.05. The number of nitrogens with zero attached hydrogens (tertiary/aromatic N) is 1. The Labute approximate surface area is 159 Å². The van der Waals surface area contributed by atoms with Crippen LogP contribution in [0.4, 0.5) is 8.78 Å². The Balaban J connectivity index is 1.94. The lowest BCUT2D eigenvalue weighted by Gasteiger charge is -2.23. The summed E-state index contributed by atoms with van der Waals surface area (Å²) in [5.74, 6) is -1.67. The highest BCUT2D eigenvalue weighted by Gasteiger charge is 2.40. The fourth-order valence-electron chi connectivity index (χ4n) is 2.48. The maximum atomic E-state index is 14.8. The molecule has 0 fully saturated rings. The molecule has 1 unspecified atom stereocenters. The summed E-state index contributed by atoms with van der Waals surface area (Å²) >= 11 is 10.6. The maximum Gasteiger partial charge on any atom is 0.169 e. The SMILES string of the molecule is FC1=C(c2ccc(Br)s2)C2=NSNC2C(c2ccc(Br)s2)=C1F. The van der Waals surface area contributed by atoms with Crippen LogP contribution >= 0.6 is 66.7 Å². The van der Waals surface area contributed by atoms with E-state index in [1.807, 2.05) is 12.1 Å². The third-order valence-corrected chi connectivity index (χ3v) is 7.37. The molecule has 4 rings (SSSR count). The molecule has 1 N–H and O–H groups in total. The third-order valence-electron chi connectivity index (χ3n) is 3.44. The normalized spacial score (nSPS) is 21.0. The van der Waals surface area contributed by atoms with Gasteiger partial charge in [0.1, 0.15) is 0 Å². The van der Waals surface area contributed by atoms with Gasteiger partial charge >= 0.3 is 0 Å². The van der Waals surface area contributed by atoms with Gasteiger partial charge in [-0.1, -0.05) is 0 Å². The summed E-state index contributed by atoms with van der Waals surface area (Å²) in [5, 5.41) is 0. The van der Waals surface area contributed by atoms with Crippen molar-refractivity contribution < 1.29 is 8.78 Å². The van der Waals surface area contributed by atoms with Gasteiger partial charge in [-0.15, -0.1) is 22.7 Å². The Morgan fingerprint density at radius 1 is 0.957 bits per heavy atom. The lowest BCUT2D eigenvalue weighted by Crippen LogP contribution is -2.33. The van der Waals surface area contributed by atoms with Gasteiger partial charge in [0, 0.05) is 15.3 Å². The minimum atomic E-state index is -0.849. The van der Waals surface area contributed by atoms with Gasteiger partial charge in [-0.05, 0) is 56.1 Å². The van der Waals surface area contributed by atoms with E-state index in [2.05, 4.69) is 41.0 Å². The summed E-state index contributed by atoms with van der Waals surface area (Å²) in [6, 6.07) is 6.74. The van der Waals surface area contributed by atoms with Crippen LogP contribution in [0.5, 0.6) is 0 Å². The van der Waals surface area contributed by atoms with Crippen molar-refractivity contribution in [2.75, 3.05) is 0 Å². The van der Waals surface area contributed by atoms with Crippen LogP contribution in [-0.4, -0.2) is 11.8 Å². The van der Waals surface area contributed by atoms with Crippen molar-refractivity contribution in [2.45, 2.75) is 6.04 Å². The number of halogens is 4. The predicted octanol–water partition coefficient (Wildman–Crippen LogP) is 6.39. The molecule has 0 radical (unpaired) electrons. The Kier molecular flexibility index (Phi) is 4.36. The molecule has 0 bridgehead atoms. The summed E-state index contributed by atoms with van der Waals surface area (Å²) in [6.07, 6.45) is 0. The molecule has 9 heteroatoms. The number of allylic oxidation sites excluding steroid dienone is 2. The molecule has 0 aromatic carbocycles. The molecule has 0 spiro atoms. The van der Waals surface area contributed by atoms with Gasteiger partial charge in [0.25, 0.3) is 0 Å². The molecule has 2 aromatic rings. The monoisotopic (exact) mass is 494 g/mol. The minimum absolute atomic E-state index is 0.236. The van der Waals surface area contributed by atoms with Crippen molar-refractivity contribution in [3.63, 3.8) is 0 Å². The molecule has 2 nitrogen and oxygen atoms in total. The zero-order valence-corrected chi connectivity index (χ0v) is 16.7. The lowest BCUT2D eigenvalue weighted by atomic mass is 9.88. The second kappa shape index (κ2) is 6.20. The van der Waals surface area contributed by atoms with Gasteiger partial charge in [0.2, 0.25) is 0 Å². The van der Waals surface area contributed by atoms with Gasteiger partial charge < -0.3 is 0 Å². The summed E-state index contributed by atoms with van der Waals surface area (Å²) in [7, 11) is 0. The van der Waals surface area contributed by atoms with Crippen LogP contribution in [0.2, 0.25) is 0 Å². The molecule has 1 aliphatic carbocycles. The van der Waals surface area contributed by atoms with Gasteiger partial charge in [-0.25, -0.2) is 17.9 Å². The summed E-state index contributed by atoms with van der Waals surface area (Å²) in [6.45, 7) is 0. The smallest absolute Gasteiger partial charge is 0.169 e. The van der Waals surface area contributed by atoms with Crippen LogP contribution in [0.25, 0.3) is 11.1 Å². The largest absolute Gasteiger partial charge is 0.231 e. The molecule has 3 heterocycles. The van der Waals surface area contributed by atoms with Crippen molar-refractivity contribution in [1.82, 2.24) is 4.72 Å². The van der Waals surface area contributed by atoms with Gasteiger partial charge in [-0.2, -0.15) is 0 Å². The first-order valence-corrected chi connectivity index (χ1v) is 10.4. The van der Waals surface area contributed by atoms with Crippen molar-refractivity contribution in [3.05, 3.63) is 53.2 Å². The van der Waals surface area contributed by atoms with E-state index in [0.717, 1.165) is 19.7 Å². The van der Waals surface area contributed by atoms with Crippen LogP contribution in [0.3, 0.4) is 0 Å². The first-order valence-electron chi connectivity index (χ1n) is 6.37. The van der Waals surface area contributed by atoms with Crippen LogP contribution < -0.4 is 4.72 Å². The van der Waals surface area contributed by atoms with Crippen LogP contribution in [-0.2, 0) is 0 Å². The van der Waals surface area contributed by atoms with Crippen LogP contribution in [0, 0.1) is 0 Å². The number of hydrogen-bond donors (Lipinski definition) is 1. The molecular weight excluding hydrogens is 490 g/mol. The van der Waals surface area contributed by atoms with Crippen molar-refractivity contribution >= 4 is 83.5 Å². The topological polar surface area (TPSA) is 24.4 Å². The number of nitrogens with one attached hydrogen (secondary N) is 1. The van der Waals surface area contributed by atoms with E-state index in [-0.39, 0.29) is 5.57 Å². The lowest BCUT2D eigenvalue weighted by molar-refractivity contribution is 0.546. The van der Waals surface area contributed by atoms with E-state index in [9.17, 15) is 8.78 Å². The highest BCUT2D eigenvalue weighted by Crippen LogP contribution is 2.46. The highest BCUT2D eigenvalue weighted by atomic mass is 79.9. The van der Waals surface area contributed by atoms with Crippen LogP contribution in [0.15, 0.2) is 47.9 Å². The number of hydrogen-bond acceptors (Lipinski definition) is 5. The van der Waals surface area contributed by atoms with E-state index in [1.54, 1.807) is 12.1 Å². The number of rotatable bonds is 2. The van der Waals surface area contributed by atoms with E-state index in [1.165, 1.54) is 22.7 Å². The Bertz CT molecular complexity index is 897. The van der Waals surface area contributed by atoms with Crippen LogP contribution in [0.1, 0.15) is 9.75 Å². The molecule has 0 saturated carbocycles. The van der Waals surface area contributed by atoms with Crippen molar-refractivity contribution in [2.24, 2.45) is 4.40 Å². The molecule has 2 aliphatic rings. The molecule has 118 valence electrons. The zero-order valence-electron chi connectivity index (χ0n) is 11.1. The standard InChI is InChI=1S/C14H6Br2F2N2S3/c15-7-3-1-5(21-7)9-11(17)12(18)10(6-2-4-8(16)22-6)14-13(9)19-23-20-14/h1-4,13,19H. The maximum absolute atomic E-state index is 14.8. The molecule has 1 atom stereocenters. The summed E-state index contributed by atoms with van der Waals surface area (Å²) < 4.78 is 38.8. The Hall–Kier alpha value is -0.320. The first-order chi connectivity index (χ1) is 11.1. The second-order valence-corrected chi connectivity index (χ2v) is 10.3. The number of thiophene rings is 2. The highest BCUT2D eigenvalue weighted by molar-refractivity contribution is 9.11. The molecule has 2 aromatic heterocycles. The summed E-state index contributed by atoms with van der Waals surface area (Å²) in [5.41, 5.74) is 1.07. The average Bonchev–Trinajstić information content (AvgIpc) is 3.23. The summed E-state index contributed by atoms with van der Waals surface area (Å²) in [4.78, 5) is 1.34. The molecule has 23 heavy (non-hydrogen) atoms. The van der Waals surface area contributed by atoms with E-state index < -0.39 is 17.7 Å². The molecular formula is C14H6Br2F2N2S3. The molecule has 0 amide bonds. The van der Waals surface area contributed by atoms with Gasteiger partial charge in [0.15, 0.2) is 11.7 Å². The first kappa shape index (κ1) is 16.2. The third kappa shape index (κ3) is 2.71. The fraction of sp³-hybridized carbons (Fsp3) is 0.0714. The van der Waals surface area contributed by atoms with Gasteiger partial charge in [-0.3, -0.25) is 0 Å². The van der Waals surface area contributed by atoms with E-state index >= 15 is 0 Å². The Morgan fingerprint density at radius 3 is 2.22 bits per heavy atom. The quantitative estimate of drug-likeness (QED) is 0.488. The zero-order chi connectivity index (χ0) is 16.1. The van der Waals surface area contributed by atoms with Crippen molar-refractivity contribution in [3.8, 4) is 0 Å². The van der Waals surface area contributed by atoms with E-state index in [0.29, 0.717) is 21.0 Å². The number of fused-ring (bicyclic) bond motifs is 1. The second-order valence-electron chi connectivity index (χ2n) is 4.74. The Morgan fingerprint density at radius 2 is 1.61 bits per heavy atom. The molecule has 0 saturated heterocycles. The predicted molar refractivity (Wildman–Crippen MR) is 102 cm³/mol. The molecule has 1 aliphatic heterocycles. The van der Waals surface area contributed by atoms with E-state index in [4.69, 9.17) is 0 Å². The minimum Gasteiger partial charge on any atom is -0.231 e. The van der Waals surface area contributed by atoms with Gasteiger partial charge in [0.05, 0.1) is 37.0 Å². The average molecular weight is 496 g/mol.